The Kier molecular flexibility index (Phi) is 4.86. The average Bonchev–Trinajstić information content (AvgIpc) is 2.49. The number of benzene rings is 2. The number of halogens is 1. The van der Waals surface area contributed by atoms with Gasteiger partial charge in [0.15, 0.2) is 0 Å². The van der Waals surface area contributed by atoms with Gasteiger partial charge in [0.2, 0.25) is 0 Å². The Labute approximate surface area is 120 Å². The highest BCUT2D eigenvalue weighted by molar-refractivity contribution is 9.09. The molecule has 3 nitrogen and oxygen atoms in total. The molecule has 0 aromatic heterocycles. The van der Waals surface area contributed by atoms with Crippen LogP contribution < -0.4 is 5.43 Å². The average molecular weight is 317 g/mol. The summed E-state index contributed by atoms with van der Waals surface area (Å²) in [6.45, 7) is 0. The van der Waals surface area contributed by atoms with E-state index in [9.17, 15) is 4.79 Å². The lowest BCUT2D eigenvalue weighted by molar-refractivity contribution is -0.118. The third-order valence-electron chi connectivity index (χ3n) is 2.51. The summed E-state index contributed by atoms with van der Waals surface area (Å²) in [5.74, 6) is -0.177. The maximum absolute atomic E-state index is 11.3. The monoisotopic (exact) mass is 316 g/mol. The van der Waals surface area contributed by atoms with Gasteiger partial charge in [-0.3, -0.25) is 4.79 Å². The summed E-state index contributed by atoms with van der Waals surface area (Å²) in [6, 6.07) is 19.5. The Morgan fingerprint density at radius 1 is 0.947 bits per heavy atom. The van der Waals surface area contributed by atoms with Crippen LogP contribution in [0.4, 0.5) is 0 Å². The molecule has 0 saturated carbocycles. The highest BCUT2D eigenvalue weighted by atomic mass is 79.9. The van der Waals surface area contributed by atoms with Crippen LogP contribution in [0.5, 0.6) is 0 Å². The van der Waals surface area contributed by atoms with Gasteiger partial charge in [0.05, 0.1) is 11.0 Å². The number of carbonyl (C=O) groups excluding carboxylic acids is 1. The van der Waals surface area contributed by atoms with Crippen LogP contribution in [0.2, 0.25) is 0 Å². The molecule has 0 spiro atoms. The predicted octanol–water partition coefficient (Wildman–Crippen LogP) is 2.95. The number of hydrazone groups is 1. The zero-order valence-corrected chi connectivity index (χ0v) is 11.8. The van der Waals surface area contributed by atoms with Crippen molar-refractivity contribution in [2.45, 2.75) is 0 Å². The minimum absolute atomic E-state index is 0.177. The molecule has 0 heterocycles. The van der Waals surface area contributed by atoms with Gasteiger partial charge in [0, 0.05) is 11.1 Å². The number of nitrogens with one attached hydrogen (secondary N) is 1. The minimum Gasteiger partial charge on any atom is -0.272 e. The highest BCUT2D eigenvalue weighted by Gasteiger charge is 2.07. The number of carbonyl (C=O) groups is 1. The fraction of sp³-hybridized carbons (Fsp3) is 0.0667. The number of rotatable bonds is 4. The minimum atomic E-state index is -0.177. The summed E-state index contributed by atoms with van der Waals surface area (Å²) in [5.41, 5.74) is 5.20. The number of hydrogen-bond acceptors (Lipinski definition) is 2. The lowest BCUT2D eigenvalue weighted by atomic mass is 10.0. The van der Waals surface area contributed by atoms with Crippen LogP contribution in [0.3, 0.4) is 0 Å². The maximum atomic E-state index is 11.3. The molecule has 0 radical (unpaired) electrons. The van der Waals surface area contributed by atoms with Gasteiger partial charge in [-0.15, -0.1) is 0 Å². The van der Waals surface area contributed by atoms with E-state index in [1.54, 1.807) is 0 Å². The lowest BCUT2D eigenvalue weighted by Gasteiger charge is -2.07. The Balaban J connectivity index is 2.37. The van der Waals surface area contributed by atoms with Crippen LogP contribution >= 0.6 is 15.9 Å². The topological polar surface area (TPSA) is 41.5 Å². The van der Waals surface area contributed by atoms with Crippen molar-refractivity contribution < 1.29 is 4.79 Å². The van der Waals surface area contributed by atoms with Crippen molar-refractivity contribution in [3.05, 3.63) is 71.8 Å². The van der Waals surface area contributed by atoms with Crippen LogP contribution in [-0.4, -0.2) is 16.9 Å². The van der Waals surface area contributed by atoms with Crippen molar-refractivity contribution >= 4 is 27.5 Å². The van der Waals surface area contributed by atoms with Crippen LogP contribution in [0.1, 0.15) is 11.1 Å². The fourth-order valence-corrected chi connectivity index (χ4v) is 1.76. The van der Waals surface area contributed by atoms with Crippen molar-refractivity contribution in [1.29, 1.82) is 0 Å². The normalized spacial score (nSPS) is 9.74. The Bertz CT molecular complexity index is 526. The predicted molar refractivity (Wildman–Crippen MR) is 80.5 cm³/mol. The van der Waals surface area contributed by atoms with Gasteiger partial charge < -0.3 is 0 Å². The second-order valence-corrected chi connectivity index (χ2v) is 4.42. The largest absolute Gasteiger partial charge is 0.272 e. The van der Waals surface area contributed by atoms with Gasteiger partial charge in [-0.2, -0.15) is 5.10 Å². The van der Waals surface area contributed by atoms with E-state index in [1.165, 1.54) is 0 Å². The van der Waals surface area contributed by atoms with E-state index < -0.39 is 0 Å². The summed E-state index contributed by atoms with van der Waals surface area (Å²) in [5, 5.41) is 4.45. The summed E-state index contributed by atoms with van der Waals surface area (Å²) >= 11 is 3.10. The molecular formula is C15H13BrN2O. The van der Waals surface area contributed by atoms with Gasteiger partial charge in [-0.05, 0) is 0 Å². The van der Waals surface area contributed by atoms with E-state index in [0.717, 1.165) is 16.8 Å². The van der Waals surface area contributed by atoms with E-state index in [0.29, 0.717) is 0 Å². The quantitative estimate of drug-likeness (QED) is 0.526. The van der Waals surface area contributed by atoms with Gasteiger partial charge in [0.1, 0.15) is 0 Å². The van der Waals surface area contributed by atoms with Crippen molar-refractivity contribution in [1.82, 2.24) is 5.43 Å². The molecule has 0 unspecified atom stereocenters. The van der Waals surface area contributed by atoms with Crippen molar-refractivity contribution in [3.8, 4) is 0 Å². The van der Waals surface area contributed by atoms with Crippen molar-refractivity contribution in [2.75, 3.05) is 5.33 Å². The molecule has 0 fully saturated rings. The van der Waals surface area contributed by atoms with E-state index in [-0.39, 0.29) is 11.2 Å². The highest BCUT2D eigenvalue weighted by Crippen LogP contribution is 2.10. The molecule has 0 aliphatic heterocycles. The van der Waals surface area contributed by atoms with Crippen molar-refractivity contribution in [3.63, 3.8) is 0 Å². The first-order chi connectivity index (χ1) is 9.31. The summed E-state index contributed by atoms with van der Waals surface area (Å²) in [4.78, 5) is 11.3. The molecule has 2 aromatic rings. The second-order valence-electron chi connectivity index (χ2n) is 3.86. The number of hydrogen-bond donors (Lipinski definition) is 1. The van der Waals surface area contributed by atoms with E-state index in [4.69, 9.17) is 0 Å². The number of amides is 1. The maximum Gasteiger partial charge on any atom is 0.250 e. The molecule has 2 aromatic carbocycles. The summed E-state index contributed by atoms with van der Waals surface area (Å²) < 4.78 is 0. The standard InChI is InChI=1S/C15H13BrN2O/c16-11-14(19)17-18-15(12-7-3-1-4-8-12)13-9-5-2-6-10-13/h1-10H,11H2,(H,17,19). The van der Waals surface area contributed by atoms with Crippen molar-refractivity contribution in [2.24, 2.45) is 5.10 Å². The molecule has 19 heavy (non-hydrogen) atoms. The van der Waals surface area contributed by atoms with Gasteiger partial charge >= 0.3 is 0 Å². The Morgan fingerprint density at radius 2 is 1.42 bits per heavy atom. The number of alkyl halides is 1. The zero-order chi connectivity index (χ0) is 13.5. The molecule has 0 atom stereocenters. The smallest absolute Gasteiger partial charge is 0.250 e. The van der Waals surface area contributed by atoms with Gasteiger partial charge in [-0.25, -0.2) is 5.43 Å². The van der Waals surface area contributed by atoms with Crippen LogP contribution in [0.15, 0.2) is 65.8 Å². The zero-order valence-electron chi connectivity index (χ0n) is 10.2. The Morgan fingerprint density at radius 3 is 1.84 bits per heavy atom. The summed E-state index contributed by atoms with van der Waals surface area (Å²) in [6.07, 6.45) is 0. The van der Waals surface area contributed by atoms with Gasteiger partial charge in [0.25, 0.3) is 5.91 Å². The number of nitrogens with zero attached hydrogens (tertiary/aromatic N) is 1. The Hall–Kier alpha value is -1.94. The third-order valence-corrected chi connectivity index (χ3v) is 3.02. The molecule has 2 rings (SSSR count). The van der Waals surface area contributed by atoms with Gasteiger partial charge in [-0.1, -0.05) is 76.6 Å². The van der Waals surface area contributed by atoms with Crippen LogP contribution in [0.25, 0.3) is 0 Å². The first-order valence-corrected chi connectivity index (χ1v) is 6.96. The molecule has 1 amide bonds. The first kappa shape index (κ1) is 13.5. The first-order valence-electron chi connectivity index (χ1n) is 5.84. The second kappa shape index (κ2) is 6.85. The van der Waals surface area contributed by atoms with Crippen LogP contribution in [-0.2, 0) is 4.79 Å². The van der Waals surface area contributed by atoms with E-state index in [2.05, 4.69) is 26.5 Å². The lowest BCUT2D eigenvalue weighted by Crippen LogP contribution is -2.21. The summed E-state index contributed by atoms with van der Waals surface area (Å²) in [7, 11) is 0. The molecule has 4 heteroatoms. The van der Waals surface area contributed by atoms with Crippen LogP contribution in [0, 0.1) is 0 Å². The molecule has 0 saturated heterocycles. The fourth-order valence-electron chi connectivity index (χ4n) is 1.64. The third kappa shape index (κ3) is 3.76. The molecular weight excluding hydrogens is 304 g/mol. The molecule has 0 aliphatic rings. The SMILES string of the molecule is O=C(CBr)NN=C(c1ccccc1)c1ccccc1. The molecule has 0 bridgehead atoms. The van der Waals surface area contributed by atoms with E-state index >= 15 is 0 Å². The van der Waals surface area contributed by atoms with E-state index in [1.807, 2.05) is 60.7 Å². The molecule has 1 N–H and O–H groups in total. The molecule has 0 aliphatic carbocycles. The molecule has 96 valence electrons.